The number of nitrogens with one attached hydrogen (secondary N) is 2. The van der Waals surface area contributed by atoms with E-state index < -0.39 is 0 Å². The van der Waals surface area contributed by atoms with Crippen LogP contribution in [0.15, 0.2) is 54.7 Å². The van der Waals surface area contributed by atoms with Gasteiger partial charge in [-0.15, -0.1) is 5.10 Å². The normalized spacial score (nSPS) is 10.3. The Labute approximate surface area is 158 Å². The van der Waals surface area contributed by atoms with E-state index >= 15 is 0 Å². The Morgan fingerprint density at radius 2 is 1.52 bits per heavy atom. The van der Waals surface area contributed by atoms with Crippen LogP contribution in [0.2, 0.25) is 0 Å². The second-order valence-electron chi connectivity index (χ2n) is 5.82. The number of aromatic nitrogens is 3. The number of methoxy groups -OCH3 is 2. The van der Waals surface area contributed by atoms with Crippen molar-refractivity contribution in [1.29, 1.82) is 0 Å². The Morgan fingerprint density at radius 1 is 0.852 bits per heavy atom. The fourth-order valence-corrected chi connectivity index (χ4v) is 2.72. The van der Waals surface area contributed by atoms with Crippen molar-refractivity contribution in [3.05, 3.63) is 65.9 Å². The van der Waals surface area contributed by atoms with Crippen LogP contribution in [-0.2, 0) is 13.0 Å². The first-order valence-corrected chi connectivity index (χ1v) is 8.71. The molecule has 7 nitrogen and oxygen atoms in total. The van der Waals surface area contributed by atoms with Gasteiger partial charge in [-0.2, -0.15) is 10.1 Å². The Morgan fingerprint density at radius 3 is 2.26 bits per heavy atom. The summed E-state index contributed by atoms with van der Waals surface area (Å²) < 4.78 is 10.7. The topological polar surface area (TPSA) is 81.2 Å². The summed E-state index contributed by atoms with van der Waals surface area (Å²) >= 11 is 0. The molecule has 0 unspecified atom stereocenters. The summed E-state index contributed by atoms with van der Waals surface area (Å²) in [6.07, 6.45) is 2.43. The molecule has 1 aromatic heterocycles. The van der Waals surface area contributed by atoms with Crippen molar-refractivity contribution in [1.82, 2.24) is 15.2 Å². The van der Waals surface area contributed by atoms with Gasteiger partial charge in [0.1, 0.15) is 11.5 Å². The molecule has 3 aromatic rings. The van der Waals surface area contributed by atoms with Gasteiger partial charge in [-0.3, -0.25) is 0 Å². The summed E-state index contributed by atoms with van der Waals surface area (Å²) in [5.74, 6) is 2.84. The lowest BCUT2D eigenvalue weighted by Crippen LogP contribution is -2.10. The third-order valence-corrected chi connectivity index (χ3v) is 4.08. The third kappa shape index (κ3) is 5.07. The van der Waals surface area contributed by atoms with E-state index in [-0.39, 0.29) is 0 Å². The van der Waals surface area contributed by atoms with E-state index in [0.29, 0.717) is 24.9 Å². The van der Waals surface area contributed by atoms with Gasteiger partial charge in [-0.05, 0) is 24.1 Å². The van der Waals surface area contributed by atoms with Gasteiger partial charge in [0.2, 0.25) is 5.95 Å². The van der Waals surface area contributed by atoms with Crippen molar-refractivity contribution in [3.8, 4) is 11.5 Å². The van der Waals surface area contributed by atoms with Crippen LogP contribution in [0, 0.1) is 0 Å². The summed E-state index contributed by atoms with van der Waals surface area (Å²) in [4.78, 5) is 4.45. The number of anilines is 2. The molecule has 0 aliphatic heterocycles. The van der Waals surface area contributed by atoms with Gasteiger partial charge in [0.05, 0.1) is 20.4 Å². The highest BCUT2D eigenvalue weighted by Crippen LogP contribution is 2.19. The number of hydrogen-bond acceptors (Lipinski definition) is 7. The Bertz CT molecular complexity index is 872. The Kier molecular flexibility index (Phi) is 6.40. The van der Waals surface area contributed by atoms with Crippen LogP contribution in [0.5, 0.6) is 11.5 Å². The van der Waals surface area contributed by atoms with Crippen LogP contribution in [0.1, 0.15) is 11.1 Å². The molecule has 3 rings (SSSR count). The van der Waals surface area contributed by atoms with E-state index in [9.17, 15) is 0 Å². The Hall–Kier alpha value is -3.35. The van der Waals surface area contributed by atoms with Gasteiger partial charge in [-0.1, -0.05) is 36.4 Å². The number of nitrogens with zero attached hydrogens (tertiary/aromatic N) is 3. The predicted octanol–water partition coefficient (Wildman–Crippen LogP) is 3.16. The van der Waals surface area contributed by atoms with Crippen molar-refractivity contribution < 1.29 is 9.47 Å². The highest BCUT2D eigenvalue weighted by Gasteiger charge is 2.05. The number of para-hydroxylation sites is 2. The van der Waals surface area contributed by atoms with Gasteiger partial charge in [0.25, 0.3) is 0 Å². The van der Waals surface area contributed by atoms with Crippen molar-refractivity contribution in [3.63, 3.8) is 0 Å². The van der Waals surface area contributed by atoms with Crippen molar-refractivity contribution in [2.75, 3.05) is 31.4 Å². The number of benzene rings is 2. The largest absolute Gasteiger partial charge is 0.496 e. The minimum absolute atomic E-state index is 0.461. The van der Waals surface area contributed by atoms with Gasteiger partial charge in [0, 0.05) is 18.7 Å². The van der Waals surface area contributed by atoms with Crippen molar-refractivity contribution >= 4 is 11.8 Å². The average Bonchev–Trinajstić information content (AvgIpc) is 2.73. The van der Waals surface area contributed by atoms with Crippen molar-refractivity contribution in [2.24, 2.45) is 0 Å². The van der Waals surface area contributed by atoms with Crippen LogP contribution < -0.4 is 20.1 Å². The van der Waals surface area contributed by atoms with Gasteiger partial charge < -0.3 is 20.1 Å². The molecule has 0 atom stereocenters. The molecule has 0 bridgehead atoms. The molecule has 0 radical (unpaired) electrons. The molecule has 7 heteroatoms. The second kappa shape index (κ2) is 9.38. The SMILES string of the molecule is COc1ccccc1CCNc1cnnc(NCc2ccccc2OC)n1. The van der Waals surface area contributed by atoms with Crippen LogP contribution in [0.4, 0.5) is 11.8 Å². The first-order valence-electron chi connectivity index (χ1n) is 8.71. The van der Waals surface area contributed by atoms with Gasteiger partial charge >= 0.3 is 0 Å². The lowest BCUT2D eigenvalue weighted by molar-refractivity contribution is 0.410. The number of ether oxygens (including phenoxy) is 2. The molecular weight excluding hydrogens is 342 g/mol. The molecule has 27 heavy (non-hydrogen) atoms. The van der Waals surface area contributed by atoms with E-state index in [1.54, 1.807) is 20.4 Å². The molecule has 0 spiro atoms. The Balaban J connectivity index is 1.56. The molecule has 0 aliphatic rings. The van der Waals surface area contributed by atoms with Crippen LogP contribution >= 0.6 is 0 Å². The second-order valence-corrected chi connectivity index (χ2v) is 5.82. The summed E-state index contributed by atoms with van der Waals surface area (Å²) in [5.41, 5.74) is 2.17. The zero-order chi connectivity index (χ0) is 18.9. The molecule has 1 heterocycles. The van der Waals surface area contributed by atoms with E-state index in [1.165, 1.54) is 0 Å². The lowest BCUT2D eigenvalue weighted by atomic mass is 10.1. The summed E-state index contributed by atoms with van der Waals surface area (Å²) in [7, 11) is 3.34. The molecule has 0 aliphatic carbocycles. The maximum Gasteiger partial charge on any atom is 0.244 e. The zero-order valence-electron chi connectivity index (χ0n) is 15.5. The summed E-state index contributed by atoms with van der Waals surface area (Å²) in [5, 5.41) is 14.5. The van der Waals surface area contributed by atoms with Crippen LogP contribution in [0.3, 0.4) is 0 Å². The maximum absolute atomic E-state index is 5.37. The quantitative estimate of drug-likeness (QED) is 0.603. The van der Waals surface area contributed by atoms with E-state index in [4.69, 9.17) is 9.47 Å². The predicted molar refractivity (Wildman–Crippen MR) is 105 cm³/mol. The minimum atomic E-state index is 0.461. The molecule has 0 fully saturated rings. The van der Waals surface area contributed by atoms with Crippen LogP contribution in [-0.4, -0.2) is 35.9 Å². The molecule has 2 aromatic carbocycles. The smallest absolute Gasteiger partial charge is 0.244 e. The van der Waals surface area contributed by atoms with Crippen LogP contribution in [0.25, 0.3) is 0 Å². The maximum atomic E-state index is 5.37. The fourth-order valence-electron chi connectivity index (χ4n) is 2.72. The average molecular weight is 365 g/mol. The highest BCUT2D eigenvalue weighted by atomic mass is 16.5. The molecule has 0 saturated heterocycles. The van der Waals surface area contributed by atoms with E-state index in [2.05, 4.69) is 31.9 Å². The molecule has 140 valence electrons. The first-order chi connectivity index (χ1) is 13.3. The molecule has 2 N–H and O–H groups in total. The monoisotopic (exact) mass is 365 g/mol. The summed E-state index contributed by atoms with van der Waals surface area (Å²) in [6.45, 7) is 1.27. The molecular formula is C20H23N5O2. The number of hydrogen-bond donors (Lipinski definition) is 2. The minimum Gasteiger partial charge on any atom is -0.496 e. The molecule has 0 amide bonds. The standard InChI is InChI=1S/C20H23N5O2/c1-26-17-9-5-3-7-15(17)11-12-21-19-14-23-25-20(24-19)22-13-16-8-4-6-10-18(16)27-2/h3-10,14H,11-13H2,1-2H3,(H2,21,22,24,25). The van der Waals surface area contributed by atoms with E-state index in [1.807, 2.05) is 42.5 Å². The lowest BCUT2D eigenvalue weighted by Gasteiger charge is -2.11. The van der Waals surface area contributed by atoms with Gasteiger partial charge in [-0.25, -0.2) is 0 Å². The first kappa shape index (κ1) is 18.4. The fraction of sp³-hybridized carbons (Fsp3) is 0.250. The van der Waals surface area contributed by atoms with E-state index in [0.717, 1.165) is 29.0 Å². The third-order valence-electron chi connectivity index (χ3n) is 4.08. The number of rotatable bonds is 9. The zero-order valence-corrected chi connectivity index (χ0v) is 15.5. The summed E-state index contributed by atoms with van der Waals surface area (Å²) in [6, 6.07) is 15.8. The van der Waals surface area contributed by atoms with Gasteiger partial charge in [0.15, 0.2) is 5.82 Å². The molecule has 0 saturated carbocycles. The van der Waals surface area contributed by atoms with Crippen molar-refractivity contribution in [2.45, 2.75) is 13.0 Å². The highest BCUT2D eigenvalue weighted by molar-refractivity contribution is 5.40.